The summed E-state index contributed by atoms with van der Waals surface area (Å²) >= 11 is 0. The molecule has 5 nitrogen and oxygen atoms in total. The monoisotopic (exact) mass is 402 g/mol. The van der Waals surface area contributed by atoms with E-state index in [2.05, 4.69) is 57.4 Å². The van der Waals surface area contributed by atoms with E-state index in [4.69, 9.17) is 0 Å². The number of carbonyl (C=O) groups is 1. The molecule has 2 N–H and O–H groups in total. The van der Waals surface area contributed by atoms with Crippen molar-refractivity contribution in [2.75, 3.05) is 13.1 Å². The summed E-state index contributed by atoms with van der Waals surface area (Å²) in [6, 6.07) is 12.7. The smallest absolute Gasteiger partial charge is 0.217 e. The maximum atomic E-state index is 12.0. The number of carbonyl (C=O) groups excluding carboxylic acids is 1. The SMILES string of the molecule is CC(=O)NC1(c2ccccc2)CCN(Cc2c(C3CC3)[nH]c3ncc(C)cc23)CC1. The maximum Gasteiger partial charge on any atom is 0.217 e. The molecule has 2 aliphatic rings. The second kappa shape index (κ2) is 7.55. The third kappa shape index (κ3) is 3.63. The molecule has 5 heteroatoms. The summed E-state index contributed by atoms with van der Waals surface area (Å²) in [7, 11) is 0. The van der Waals surface area contributed by atoms with Crippen molar-refractivity contribution in [3.05, 3.63) is 65.0 Å². The van der Waals surface area contributed by atoms with Crippen molar-refractivity contribution in [3.63, 3.8) is 0 Å². The Hall–Kier alpha value is -2.66. The van der Waals surface area contributed by atoms with Crippen LogP contribution in [0.25, 0.3) is 11.0 Å². The number of piperidine rings is 1. The van der Waals surface area contributed by atoms with Crippen molar-refractivity contribution in [1.29, 1.82) is 0 Å². The van der Waals surface area contributed by atoms with Gasteiger partial charge in [0.15, 0.2) is 0 Å². The predicted octanol–water partition coefficient (Wildman–Crippen LogP) is 4.38. The van der Waals surface area contributed by atoms with Gasteiger partial charge < -0.3 is 10.3 Å². The van der Waals surface area contributed by atoms with Crippen LogP contribution in [-0.2, 0) is 16.9 Å². The van der Waals surface area contributed by atoms with E-state index in [9.17, 15) is 4.79 Å². The second-order valence-corrected chi connectivity index (χ2v) is 9.11. The number of aryl methyl sites for hydroxylation is 1. The molecule has 3 heterocycles. The molecule has 1 aliphatic heterocycles. The Morgan fingerprint density at radius 3 is 2.63 bits per heavy atom. The van der Waals surface area contributed by atoms with Crippen LogP contribution in [-0.4, -0.2) is 33.9 Å². The van der Waals surface area contributed by atoms with Gasteiger partial charge in [-0.25, -0.2) is 4.98 Å². The fraction of sp³-hybridized carbons (Fsp3) is 0.440. The zero-order chi connectivity index (χ0) is 20.7. The maximum absolute atomic E-state index is 12.0. The van der Waals surface area contributed by atoms with Gasteiger partial charge in [-0.15, -0.1) is 0 Å². The van der Waals surface area contributed by atoms with Crippen molar-refractivity contribution in [2.24, 2.45) is 0 Å². The summed E-state index contributed by atoms with van der Waals surface area (Å²) < 4.78 is 0. The average molecular weight is 403 g/mol. The first-order valence-corrected chi connectivity index (χ1v) is 11.1. The molecule has 156 valence electrons. The summed E-state index contributed by atoms with van der Waals surface area (Å²) in [5.41, 5.74) is 6.00. The molecule has 2 fully saturated rings. The minimum atomic E-state index is -0.263. The fourth-order valence-electron chi connectivity index (χ4n) is 5.03. The summed E-state index contributed by atoms with van der Waals surface area (Å²) in [6.07, 6.45) is 6.35. The average Bonchev–Trinajstić information content (AvgIpc) is 3.53. The molecule has 1 saturated heterocycles. The number of rotatable bonds is 5. The highest BCUT2D eigenvalue weighted by molar-refractivity contribution is 5.82. The predicted molar refractivity (Wildman–Crippen MR) is 119 cm³/mol. The van der Waals surface area contributed by atoms with Gasteiger partial charge in [-0.2, -0.15) is 0 Å². The van der Waals surface area contributed by atoms with E-state index in [0.29, 0.717) is 5.92 Å². The molecule has 0 radical (unpaired) electrons. The van der Waals surface area contributed by atoms with Crippen molar-refractivity contribution in [2.45, 2.75) is 57.5 Å². The third-order valence-electron chi connectivity index (χ3n) is 6.75. The zero-order valence-electron chi connectivity index (χ0n) is 17.9. The molecule has 0 spiro atoms. The van der Waals surface area contributed by atoms with Crippen molar-refractivity contribution in [1.82, 2.24) is 20.2 Å². The number of fused-ring (bicyclic) bond motifs is 1. The summed E-state index contributed by atoms with van der Waals surface area (Å²) in [5, 5.41) is 4.56. The Morgan fingerprint density at radius 2 is 1.97 bits per heavy atom. The summed E-state index contributed by atoms with van der Waals surface area (Å²) in [4.78, 5) is 22.8. The minimum Gasteiger partial charge on any atom is -0.347 e. The Labute approximate surface area is 177 Å². The first kappa shape index (κ1) is 19.3. The van der Waals surface area contributed by atoms with E-state index < -0.39 is 0 Å². The topological polar surface area (TPSA) is 61.0 Å². The largest absolute Gasteiger partial charge is 0.347 e. The first-order valence-electron chi connectivity index (χ1n) is 11.1. The lowest BCUT2D eigenvalue weighted by Crippen LogP contribution is -2.52. The molecule has 0 unspecified atom stereocenters. The van der Waals surface area contributed by atoms with Crippen LogP contribution in [0.4, 0.5) is 0 Å². The number of pyridine rings is 1. The molecule has 0 bridgehead atoms. The number of aromatic nitrogens is 2. The molecule has 1 saturated carbocycles. The molecule has 5 rings (SSSR count). The molecular formula is C25H30N4O. The molecule has 2 aromatic heterocycles. The van der Waals surface area contributed by atoms with Gasteiger partial charge in [0.25, 0.3) is 0 Å². The van der Waals surface area contributed by atoms with Crippen LogP contribution in [0.15, 0.2) is 42.6 Å². The zero-order valence-corrected chi connectivity index (χ0v) is 17.9. The molecule has 30 heavy (non-hydrogen) atoms. The van der Waals surface area contributed by atoms with Gasteiger partial charge >= 0.3 is 0 Å². The van der Waals surface area contributed by atoms with Gasteiger partial charge in [0, 0.05) is 43.8 Å². The molecule has 3 aromatic rings. The Balaban J connectivity index is 1.39. The van der Waals surface area contributed by atoms with Crippen LogP contribution in [0.2, 0.25) is 0 Å². The number of hydrogen-bond acceptors (Lipinski definition) is 3. The highest BCUT2D eigenvalue weighted by Crippen LogP contribution is 2.44. The number of amides is 1. The normalized spacial score (nSPS) is 19.1. The molecule has 1 amide bonds. The Morgan fingerprint density at radius 1 is 1.23 bits per heavy atom. The van der Waals surface area contributed by atoms with Gasteiger partial charge in [-0.05, 0) is 61.3 Å². The van der Waals surface area contributed by atoms with Gasteiger partial charge in [-0.3, -0.25) is 9.69 Å². The number of benzene rings is 1. The number of aromatic amines is 1. The van der Waals surface area contributed by atoms with E-state index >= 15 is 0 Å². The number of likely N-dealkylation sites (tertiary alicyclic amines) is 1. The van der Waals surface area contributed by atoms with Crippen molar-refractivity contribution < 1.29 is 4.79 Å². The minimum absolute atomic E-state index is 0.0431. The van der Waals surface area contributed by atoms with E-state index in [0.717, 1.165) is 38.1 Å². The van der Waals surface area contributed by atoms with Crippen LogP contribution in [0.5, 0.6) is 0 Å². The van der Waals surface area contributed by atoms with Gasteiger partial charge in [0.05, 0.1) is 5.54 Å². The van der Waals surface area contributed by atoms with Crippen LogP contribution in [0, 0.1) is 6.92 Å². The van der Waals surface area contributed by atoms with Crippen LogP contribution >= 0.6 is 0 Å². The quantitative estimate of drug-likeness (QED) is 0.666. The Bertz CT molecular complexity index is 1060. The highest BCUT2D eigenvalue weighted by atomic mass is 16.1. The van der Waals surface area contributed by atoms with Crippen LogP contribution in [0.1, 0.15) is 60.9 Å². The van der Waals surface area contributed by atoms with E-state index in [1.54, 1.807) is 6.92 Å². The highest BCUT2D eigenvalue weighted by Gasteiger charge is 2.37. The van der Waals surface area contributed by atoms with Gasteiger partial charge in [-0.1, -0.05) is 30.3 Å². The molecule has 0 atom stereocenters. The van der Waals surface area contributed by atoms with Crippen molar-refractivity contribution >= 4 is 16.9 Å². The lowest BCUT2D eigenvalue weighted by molar-refractivity contribution is -0.121. The number of nitrogens with one attached hydrogen (secondary N) is 2. The second-order valence-electron chi connectivity index (χ2n) is 9.11. The third-order valence-corrected chi connectivity index (χ3v) is 6.75. The lowest BCUT2D eigenvalue weighted by atomic mass is 9.80. The van der Waals surface area contributed by atoms with Crippen LogP contribution < -0.4 is 5.32 Å². The number of hydrogen-bond donors (Lipinski definition) is 2. The van der Waals surface area contributed by atoms with Crippen molar-refractivity contribution in [3.8, 4) is 0 Å². The molecular weight excluding hydrogens is 372 g/mol. The van der Waals surface area contributed by atoms with Gasteiger partial charge in [0.2, 0.25) is 5.91 Å². The fourth-order valence-corrected chi connectivity index (χ4v) is 5.03. The van der Waals surface area contributed by atoms with E-state index in [1.165, 1.54) is 40.6 Å². The van der Waals surface area contributed by atoms with Crippen LogP contribution in [0.3, 0.4) is 0 Å². The summed E-state index contributed by atoms with van der Waals surface area (Å²) in [6.45, 7) is 6.61. The number of H-pyrrole nitrogens is 1. The van der Waals surface area contributed by atoms with E-state index in [-0.39, 0.29) is 11.4 Å². The first-order chi connectivity index (χ1) is 14.5. The standard InChI is InChI=1S/C25H30N4O/c1-17-14-21-22(23(19-8-9-19)27-24(21)26-15-17)16-29-12-10-25(11-13-29,28-18(2)30)20-6-4-3-5-7-20/h3-7,14-15,19H,8-13,16H2,1-2H3,(H,26,27)(H,28,30). The molecule has 1 aromatic carbocycles. The number of nitrogens with zero attached hydrogens (tertiary/aromatic N) is 2. The van der Waals surface area contributed by atoms with E-state index in [1.807, 2.05) is 12.3 Å². The Kier molecular flexibility index (Phi) is 4.86. The summed E-state index contributed by atoms with van der Waals surface area (Å²) in [5.74, 6) is 0.712. The lowest BCUT2D eigenvalue weighted by Gasteiger charge is -2.42. The molecule has 1 aliphatic carbocycles. The van der Waals surface area contributed by atoms with Gasteiger partial charge in [0.1, 0.15) is 5.65 Å².